The Hall–Kier alpha value is -2.82. The van der Waals surface area contributed by atoms with Crippen LogP contribution in [0.25, 0.3) is 0 Å². The summed E-state index contributed by atoms with van der Waals surface area (Å²) in [5.74, 6) is 0.155. The third-order valence-corrected chi connectivity index (χ3v) is 4.22. The molecule has 2 aromatic rings. The maximum absolute atomic E-state index is 12.6. The van der Waals surface area contributed by atoms with Crippen molar-refractivity contribution in [2.75, 3.05) is 5.32 Å². The Labute approximate surface area is 127 Å². The second-order valence-corrected chi connectivity index (χ2v) is 5.55. The van der Waals surface area contributed by atoms with Gasteiger partial charge in [0.25, 0.3) is 5.91 Å². The van der Waals surface area contributed by atoms with E-state index in [0.29, 0.717) is 17.9 Å². The van der Waals surface area contributed by atoms with Crippen LogP contribution in [0.5, 0.6) is 5.75 Å². The van der Waals surface area contributed by atoms with Crippen LogP contribution in [0.1, 0.15) is 12.0 Å². The van der Waals surface area contributed by atoms with Gasteiger partial charge in [-0.1, -0.05) is 35.5 Å². The molecule has 0 spiro atoms. The smallest absolute Gasteiger partial charge is 0.269 e. The number of fused-ring (bicyclic) bond motifs is 2. The van der Waals surface area contributed by atoms with Gasteiger partial charge < -0.3 is 15.3 Å². The number of ether oxygens (including phenoxy) is 1. The minimum Gasteiger partial charge on any atom is -0.476 e. The molecule has 110 valence electrons. The van der Waals surface area contributed by atoms with E-state index in [2.05, 4.69) is 10.5 Å². The van der Waals surface area contributed by atoms with Crippen LogP contribution in [0.4, 0.5) is 5.69 Å². The number of nitrogens with one attached hydrogen (secondary N) is 1. The van der Waals surface area contributed by atoms with Gasteiger partial charge in [-0.3, -0.25) is 4.79 Å². The lowest BCUT2D eigenvalue weighted by Crippen LogP contribution is -2.41. The fraction of sp³-hybridized carbons (Fsp3) is 0.176. The number of benzene rings is 2. The zero-order valence-corrected chi connectivity index (χ0v) is 11.7. The molecule has 0 unspecified atom stereocenters. The van der Waals surface area contributed by atoms with Gasteiger partial charge in [0, 0.05) is 17.7 Å². The molecule has 1 aliphatic carbocycles. The number of rotatable bonds is 2. The first-order valence-corrected chi connectivity index (χ1v) is 7.11. The van der Waals surface area contributed by atoms with Crippen molar-refractivity contribution in [3.05, 3.63) is 60.2 Å². The van der Waals surface area contributed by atoms with Crippen molar-refractivity contribution in [3.8, 4) is 5.75 Å². The normalized spacial score (nSPS) is 26.5. The van der Waals surface area contributed by atoms with Crippen molar-refractivity contribution < 1.29 is 14.7 Å². The van der Waals surface area contributed by atoms with Crippen molar-refractivity contribution in [1.82, 2.24) is 0 Å². The molecule has 1 saturated carbocycles. The van der Waals surface area contributed by atoms with Gasteiger partial charge in [-0.25, -0.2) is 0 Å². The highest BCUT2D eigenvalue weighted by Crippen LogP contribution is 2.54. The first kappa shape index (κ1) is 12.9. The lowest BCUT2D eigenvalue weighted by atomic mass is 9.99. The fourth-order valence-electron chi connectivity index (χ4n) is 3.01. The fourth-order valence-corrected chi connectivity index (χ4v) is 3.01. The van der Waals surface area contributed by atoms with Crippen molar-refractivity contribution >= 4 is 17.3 Å². The Morgan fingerprint density at radius 3 is 2.68 bits per heavy atom. The number of hydrogen-bond acceptors (Lipinski definition) is 4. The monoisotopic (exact) mass is 294 g/mol. The molecule has 0 bridgehead atoms. The third-order valence-electron chi connectivity index (χ3n) is 4.22. The van der Waals surface area contributed by atoms with E-state index in [0.717, 1.165) is 11.3 Å². The van der Waals surface area contributed by atoms with Crippen LogP contribution in [-0.2, 0) is 4.79 Å². The van der Waals surface area contributed by atoms with Gasteiger partial charge in [-0.2, -0.15) is 0 Å². The molecule has 2 atom stereocenters. The largest absolute Gasteiger partial charge is 0.476 e. The highest BCUT2D eigenvalue weighted by atomic mass is 16.5. The van der Waals surface area contributed by atoms with Gasteiger partial charge in [-0.05, 0) is 24.3 Å². The zero-order valence-electron chi connectivity index (χ0n) is 11.7. The van der Waals surface area contributed by atoms with Crippen LogP contribution in [0, 0.1) is 5.92 Å². The molecule has 1 aliphatic heterocycles. The van der Waals surface area contributed by atoms with Crippen LogP contribution in [0.3, 0.4) is 0 Å². The predicted octanol–water partition coefficient (Wildman–Crippen LogP) is 2.65. The molecule has 4 rings (SSSR count). The summed E-state index contributed by atoms with van der Waals surface area (Å²) in [5.41, 5.74) is 1.02. The molecule has 0 saturated heterocycles. The molecule has 2 aromatic carbocycles. The molecule has 1 amide bonds. The quantitative estimate of drug-likeness (QED) is 0.660. The molecular weight excluding hydrogens is 280 g/mol. The Bertz CT molecular complexity index is 772. The van der Waals surface area contributed by atoms with Crippen molar-refractivity contribution in [1.29, 1.82) is 0 Å². The molecule has 22 heavy (non-hydrogen) atoms. The first-order valence-electron chi connectivity index (χ1n) is 7.11. The maximum Gasteiger partial charge on any atom is 0.269 e. The summed E-state index contributed by atoms with van der Waals surface area (Å²) >= 11 is 0. The van der Waals surface area contributed by atoms with Crippen molar-refractivity contribution in [2.24, 2.45) is 11.1 Å². The molecule has 0 aromatic heterocycles. The average Bonchev–Trinajstić information content (AvgIpc) is 3.29. The summed E-state index contributed by atoms with van der Waals surface area (Å²) in [6, 6.07) is 16.6. The molecular formula is C17H14N2O3. The molecule has 0 radical (unpaired) electrons. The van der Waals surface area contributed by atoms with E-state index in [4.69, 9.17) is 4.74 Å². The summed E-state index contributed by atoms with van der Waals surface area (Å²) in [7, 11) is 0. The number of amides is 1. The SMILES string of the molecule is O=C(Nc1ccccc1)[C@@]12C[C@H]1/C(=N\O)c1ccccc1O2. The lowest BCUT2D eigenvalue weighted by Gasteiger charge is -2.25. The minimum atomic E-state index is -0.967. The molecule has 2 aliphatic rings. The second-order valence-electron chi connectivity index (χ2n) is 5.55. The zero-order chi connectivity index (χ0) is 15.2. The van der Waals surface area contributed by atoms with Gasteiger partial charge in [0.05, 0.1) is 11.6 Å². The van der Waals surface area contributed by atoms with E-state index in [1.807, 2.05) is 48.5 Å². The van der Waals surface area contributed by atoms with Crippen LogP contribution in [0.15, 0.2) is 59.8 Å². The van der Waals surface area contributed by atoms with Crippen molar-refractivity contribution in [2.45, 2.75) is 12.0 Å². The Kier molecular flexibility index (Phi) is 2.69. The van der Waals surface area contributed by atoms with E-state index in [1.54, 1.807) is 6.07 Å². The molecule has 5 nitrogen and oxygen atoms in total. The van der Waals surface area contributed by atoms with Gasteiger partial charge in [0.2, 0.25) is 0 Å². The number of anilines is 1. The number of oxime groups is 1. The van der Waals surface area contributed by atoms with E-state index < -0.39 is 5.60 Å². The molecule has 5 heteroatoms. The summed E-state index contributed by atoms with van der Waals surface area (Å²) in [5, 5.41) is 15.6. The van der Waals surface area contributed by atoms with Crippen LogP contribution < -0.4 is 10.1 Å². The lowest BCUT2D eigenvalue weighted by molar-refractivity contribution is -0.125. The topological polar surface area (TPSA) is 70.9 Å². The van der Waals surface area contributed by atoms with E-state index in [-0.39, 0.29) is 11.8 Å². The van der Waals surface area contributed by atoms with Gasteiger partial charge in [0.1, 0.15) is 5.75 Å². The summed E-state index contributed by atoms with van der Waals surface area (Å²) in [6.07, 6.45) is 0.514. The number of para-hydroxylation sites is 2. The van der Waals surface area contributed by atoms with E-state index >= 15 is 0 Å². The average molecular weight is 294 g/mol. The number of nitrogens with zero attached hydrogens (tertiary/aromatic N) is 1. The van der Waals surface area contributed by atoms with Crippen LogP contribution in [0.2, 0.25) is 0 Å². The van der Waals surface area contributed by atoms with Gasteiger partial charge in [-0.15, -0.1) is 0 Å². The van der Waals surface area contributed by atoms with Gasteiger partial charge in [0.15, 0.2) is 5.60 Å². The highest BCUT2D eigenvalue weighted by Gasteiger charge is 2.68. The van der Waals surface area contributed by atoms with Gasteiger partial charge >= 0.3 is 0 Å². The van der Waals surface area contributed by atoms with E-state index in [1.165, 1.54) is 0 Å². The maximum atomic E-state index is 12.6. The minimum absolute atomic E-state index is 0.209. The molecule has 2 N–H and O–H groups in total. The highest BCUT2D eigenvalue weighted by molar-refractivity contribution is 6.15. The first-order chi connectivity index (χ1) is 10.7. The summed E-state index contributed by atoms with van der Waals surface area (Å²) < 4.78 is 5.96. The van der Waals surface area contributed by atoms with Crippen LogP contribution in [-0.4, -0.2) is 22.4 Å². The number of carbonyl (C=O) groups is 1. The third kappa shape index (κ3) is 1.79. The number of carbonyl (C=O) groups excluding carboxylic acids is 1. The Balaban J connectivity index is 1.66. The number of hydrogen-bond donors (Lipinski definition) is 2. The summed E-state index contributed by atoms with van der Waals surface area (Å²) in [4.78, 5) is 12.6. The van der Waals surface area contributed by atoms with Crippen molar-refractivity contribution in [3.63, 3.8) is 0 Å². The second kappa shape index (κ2) is 4.59. The predicted molar refractivity (Wildman–Crippen MR) is 81.3 cm³/mol. The van der Waals surface area contributed by atoms with E-state index in [9.17, 15) is 10.0 Å². The molecule has 1 heterocycles. The van der Waals surface area contributed by atoms with Crippen LogP contribution >= 0.6 is 0 Å². The summed E-state index contributed by atoms with van der Waals surface area (Å²) in [6.45, 7) is 0. The molecule has 1 fully saturated rings. The standard InChI is InChI=1S/C17H14N2O3/c20-16(18-11-6-2-1-3-7-11)17-10-13(17)15(19-21)12-8-4-5-9-14(12)22-17/h1-9,13,21H,10H2,(H,18,20)/b19-15-/t13-,17+/m0/s1. The Morgan fingerprint density at radius 2 is 1.91 bits per heavy atom. The Morgan fingerprint density at radius 1 is 1.18 bits per heavy atom.